The molecule has 1 amide bonds. The van der Waals surface area contributed by atoms with Crippen molar-refractivity contribution < 1.29 is 13.2 Å². The van der Waals surface area contributed by atoms with Gasteiger partial charge in [-0.2, -0.15) is 5.10 Å². The molecule has 0 fully saturated rings. The fourth-order valence-electron chi connectivity index (χ4n) is 3.22. The minimum Gasteiger partial charge on any atom is -0.325 e. The van der Waals surface area contributed by atoms with Crippen molar-refractivity contribution in [2.45, 2.75) is 31.1 Å². The minimum atomic E-state index is -3.90. The lowest BCUT2D eigenvalue weighted by Crippen LogP contribution is -2.27. The Kier molecular flexibility index (Phi) is 3.71. The van der Waals surface area contributed by atoms with Gasteiger partial charge in [0.2, 0.25) is 5.91 Å². The Morgan fingerprint density at radius 2 is 1.74 bits per heavy atom. The van der Waals surface area contributed by atoms with E-state index < -0.39 is 15.4 Å². The highest BCUT2D eigenvalue weighted by atomic mass is 32.2. The molecule has 0 spiro atoms. The third-order valence-corrected chi connectivity index (χ3v) is 6.23. The largest absolute Gasteiger partial charge is 0.325 e. The molecule has 8 heteroatoms. The third kappa shape index (κ3) is 2.73. The summed E-state index contributed by atoms with van der Waals surface area (Å²) in [6.07, 6.45) is 0. The van der Waals surface area contributed by atoms with Crippen LogP contribution in [0.25, 0.3) is 10.8 Å². The van der Waals surface area contributed by atoms with E-state index in [4.69, 9.17) is 0 Å². The molecule has 0 bridgehead atoms. The number of hydrogen-bond donors (Lipinski definition) is 2. The van der Waals surface area contributed by atoms with E-state index in [1.165, 1.54) is 12.1 Å². The maximum atomic E-state index is 12.9. The van der Waals surface area contributed by atoms with E-state index in [2.05, 4.69) is 20.2 Å². The van der Waals surface area contributed by atoms with Crippen LogP contribution in [0.4, 0.5) is 11.5 Å². The summed E-state index contributed by atoms with van der Waals surface area (Å²) in [7, 11) is -3.90. The summed E-state index contributed by atoms with van der Waals surface area (Å²) in [5.74, 6) is 0.0144. The zero-order valence-electron chi connectivity index (χ0n) is 15.1. The highest BCUT2D eigenvalue weighted by Gasteiger charge is 2.39. The first-order chi connectivity index (χ1) is 12.7. The first-order valence-electron chi connectivity index (χ1n) is 8.41. The summed E-state index contributed by atoms with van der Waals surface area (Å²) in [5.41, 5.74) is 1.20. The average molecular weight is 382 g/mol. The normalized spacial score (nSPS) is 15.4. The standard InChI is InChI=1S/C19H18N4O3S/c1-11-13-6-4-5-7-14(13)17(22-21-11)23-27(25,26)12-8-9-16-15(10-12)19(2,3)18(24)20-16/h4-10H,1-3H3,(H,20,24)(H,22,23). The fourth-order valence-corrected chi connectivity index (χ4v) is 4.26. The number of nitrogens with one attached hydrogen (secondary N) is 2. The predicted octanol–water partition coefficient (Wildman–Crippen LogP) is 2.97. The fraction of sp³-hybridized carbons (Fsp3) is 0.211. The molecular formula is C19H18N4O3S. The van der Waals surface area contributed by atoms with Gasteiger partial charge in [-0.25, -0.2) is 8.42 Å². The number of aryl methyl sites for hydroxylation is 1. The number of rotatable bonds is 3. The van der Waals surface area contributed by atoms with Crippen molar-refractivity contribution >= 4 is 38.2 Å². The minimum absolute atomic E-state index is 0.0669. The Morgan fingerprint density at radius 1 is 1.04 bits per heavy atom. The molecule has 0 unspecified atom stereocenters. The summed E-state index contributed by atoms with van der Waals surface area (Å²) >= 11 is 0. The molecule has 27 heavy (non-hydrogen) atoms. The van der Waals surface area contributed by atoms with E-state index >= 15 is 0 Å². The van der Waals surface area contributed by atoms with E-state index in [1.807, 2.05) is 25.1 Å². The van der Waals surface area contributed by atoms with Crippen molar-refractivity contribution in [2.75, 3.05) is 10.0 Å². The van der Waals surface area contributed by atoms with Crippen LogP contribution in [-0.2, 0) is 20.2 Å². The number of fused-ring (bicyclic) bond motifs is 2. The lowest BCUT2D eigenvalue weighted by molar-refractivity contribution is -0.119. The zero-order chi connectivity index (χ0) is 19.4. The maximum absolute atomic E-state index is 12.9. The first-order valence-corrected chi connectivity index (χ1v) is 9.89. The van der Waals surface area contributed by atoms with Crippen LogP contribution in [0.2, 0.25) is 0 Å². The summed E-state index contributed by atoms with van der Waals surface area (Å²) in [4.78, 5) is 12.2. The Labute approximate surface area is 156 Å². The summed E-state index contributed by atoms with van der Waals surface area (Å²) in [5, 5.41) is 12.3. The van der Waals surface area contributed by atoms with Gasteiger partial charge in [-0.05, 0) is 44.5 Å². The maximum Gasteiger partial charge on any atom is 0.263 e. The van der Waals surface area contributed by atoms with Crippen LogP contribution in [0.3, 0.4) is 0 Å². The van der Waals surface area contributed by atoms with Gasteiger partial charge in [0.25, 0.3) is 10.0 Å². The molecule has 0 atom stereocenters. The molecule has 2 aromatic carbocycles. The van der Waals surface area contributed by atoms with Crippen molar-refractivity contribution in [1.29, 1.82) is 0 Å². The van der Waals surface area contributed by atoms with E-state index in [0.29, 0.717) is 16.6 Å². The SMILES string of the molecule is Cc1nnc(NS(=O)(=O)c2ccc3c(c2)C(C)(C)C(=O)N3)c2ccccc12. The van der Waals surface area contributed by atoms with Crippen LogP contribution in [0.1, 0.15) is 25.1 Å². The zero-order valence-corrected chi connectivity index (χ0v) is 15.9. The summed E-state index contributed by atoms with van der Waals surface area (Å²) in [6.45, 7) is 5.34. The van der Waals surface area contributed by atoms with Gasteiger partial charge < -0.3 is 5.32 Å². The Hall–Kier alpha value is -3.00. The topological polar surface area (TPSA) is 101 Å². The Balaban J connectivity index is 1.78. The molecule has 1 aromatic heterocycles. The number of benzene rings is 2. The molecule has 2 heterocycles. The van der Waals surface area contributed by atoms with Crippen LogP contribution in [0.15, 0.2) is 47.4 Å². The van der Waals surface area contributed by atoms with Crippen molar-refractivity contribution in [3.8, 4) is 0 Å². The Bertz CT molecular complexity index is 1200. The molecule has 0 saturated carbocycles. The average Bonchev–Trinajstić information content (AvgIpc) is 2.86. The summed E-state index contributed by atoms with van der Waals surface area (Å²) < 4.78 is 28.4. The van der Waals surface area contributed by atoms with Gasteiger partial charge in [0.1, 0.15) is 0 Å². The molecule has 3 aromatic rings. The number of anilines is 2. The predicted molar refractivity (Wildman–Crippen MR) is 103 cm³/mol. The lowest BCUT2D eigenvalue weighted by Gasteiger charge is -2.16. The molecule has 1 aliphatic rings. The van der Waals surface area contributed by atoms with Gasteiger partial charge in [-0.3, -0.25) is 9.52 Å². The smallest absolute Gasteiger partial charge is 0.263 e. The van der Waals surface area contributed by atoms with Crippen LogP contribution >= 0.6 is 0 Å². The van der Waals surface area contributed by atoms with E-state index in [9.17, 15) is 13.2 Å². The van der Waals surface area contributed by atoms with E-state index in [0.717, 1.165) is 11.1 Å². The number of amides is 1. The van der Waals surface area contributed by atoms with Gasteiger partial charge in [0, 0.05) is 16.5 Å². The molecule has 0 aliphatic carbocycles. The number of carbonyl (C=O) groups excluding carboxylic acids is 1. The second-order valence-electron chi connectivity index (χ2n) is 7.07. The lowest BCUT2D eigenvalue weighted by atomic mass is 9.86. The molecule has 7 nitrogen and oxygen atoms in total. The van der Waals surface area contributed by atoms with Gasteiger partial charge in [-0.1, -0.05) is 24.3 Å². The highest BCUT2D eigenvalue weighted by molar-refractivity contribution is 7.92. The number of aromatic nitrogens is 2. The van der Waals surface area contributed by atoms with Crippen LogP contribution in [0.5, 0.6) is 0 Å². The van der Waals surface area contributed by atoms with Gasteiger partial charge in [0.15, 0.2) is 5.82 Å². The molecule has 0 radical (unpaired) electrons. The Morgan fingerprint density at radius 3 is 2.48 bits per heavy atom. The molecular weight excluding hydrogens is 364 g/mol. The second kappa shape index (κ2) is 5.75. The third-order valence-electron chi connectivity index (χ3n) is 4.89. The van der Waals surface area contributed by atoms with Crippen LogP contribution in [0, 0.1) is 6.92 Å². The quantitative estimate of drug-likeness (QED) is 0.725. The van der Waals surface area contributed by atoms with Crippen molar-refractivity contribution in [3.05, 3.63) is 53.7 Å². The van der Waals surface area contributed by atoms with Crippen molar-refractivity contribution in [1.82, 2.24) is 10.2 Å². The summed E-state index contributed by atoms with van der Waals surface area (Å²) in [6, 6.07) is 11.9. The highest BCUT2D eigenvalue weighted by Crippen LogP contribution is 2.38. The van der Waals surface area contributed by atoms with E-state index in [-0.39, 0.29) is 16.6 Å². The van der Waals surface area contributed by atoms with Crippen LogP contribution < -0.4 is 10.0 Å². The molecule has 138 valence electrons. The number of carbonyl (C=O) groups is 1. The molecule has 1 aliphatic heterocycles. The van der Waals surface area contributed by atoms with Crippen molar-refractivity contribution in [3.63, 3.8) is 0 Å². The van der Waals surface area contributed by atoms with Gasteiger partial charge in [-0.15, -0.1) is 5.10 Å². The van der Waals surface area contributed by atoms with Gasteiger partial charge in [0.05, 0.1) is 16.0 Å². The van der Waals surface area contributed by atoms with Crippen LogP contribution in [-0.4, -0.2) is 24.5 Å². The number of sulfonamides is 1. The first kappa shape index (κ1) is 17.4. The van der Waals surface area contributed by atoms with Gasteiger partial charge >= 0.3 is 0 Å². The molecule has 0 saturated heterocycles. The number of hydrogen-bond acceptors (Lipinski definition) is 5. The van der Waals surface area contributed by atoms with Crippen molar-refractivity contribution in [2.24, 2.45) is 0 Å². The second-order valence-corrected chi connectivity index (χ2v) is 8.75. The molecule has 2 N–H and O–H groups in total. The van der Waals surface area contributed by atoms with E-state index in [1.54, 1.807) is 26.0 Å². The monoisotopic (exact) mass is 382 g/mol. The number of nitrogens with zero attached hydrogens (tertiary/aromatic N) is 2. The molecule has 4 rings (SSSR count).